The van der Waals surface area contributed by atoms with Crippen molar-refractivity contribution in [2.75, 3.05) is 0 Å². The molecule has 0 amide bonds. The number of nitrogens with one attached hydrogen (secondary N) is 1. The normalized spacial score (nSPS) is 11.6. The fraction of sp³-hybridized carbons (Fsp3) is 0.133. The molecule has 0 saturated carbocycles. The molecule has 0 bridgehead atoms. The van der Waals surface area contributed by atoms with Gasteiger partial charge in [-0.25, -0.2) is 4.39 Å². The summed E-state index contributed by atoms with van der Waals surface area (Å²) in [6.07, 6.45) is 0. The fourth-order valence-corrected chi connectivity index (χ4v) is 2.18. The quantitative estimate of drug-likeness (QED) is 0.335. The lowest BCUT2D eigenvalue weighted by molar-refractivity contribution is 0.318. The van der Waals surface area contributed by atoms with Crippen molar-refractivity contribution < 1.29 is 9.60 Å². The highest BCUT2D eigenvalue weighted by molar-refractivity contribution is 9.10. The molecule has 0 aliphatic carbocycles. The molecule has 0 fully saturated rings. The number of nitrogens with two attached hydrogens (primary N) is 1. The molecule has 2 aromatic carbocycles. The first-order valence-corrected chi connectivity index (χ1v) is 7.11. The second kappa shape index (κ2) is 7.19. The molecule has 0 aliphatic rings. The summed E-state index contributed by atoms with van der Waals surface area (Å²) in [5.74, 6) is -0.710. The van der Waals surface area contributed by atoms with Gasteiger partial charge in [-0.15, -0.1) is 0 Å². The molecule has 0 aliphatic heterocycles. The van der Waals surface area contributed by atoms with Gasteiger partial charge < -0.3 is 16.3 Å². The Balaban J connectivity index is 2.02. The van der Waals surface area contributed by atoms with Gasteiger partial charge in [-0.1, -0.05) is 45.4 Å². The molecule has 2 rings (SSSR count). The van der Waals surface area contributed by atoms with Crippen LogP contribution in [0, 0.1) is 5.82 Å². The molecule has 2 aromatic rings. The average molecular weight is 352 g/mol. The van der Waals surface area contributed by atoms with Gasteiger partial charge in [-0.2, -0.15) is 0 Å². The van der Waals surface area contributed by atoms with Crippen LogP contribution < -0.4 is 11.1 Å². The number of benzene rings is 2. The molecule has 0 aromatic heterocycles. The number of hydrogen-bond acceptors (Lipinski definition) is 3. The van der Waals surface area contributed by atoms with Crippen LogP contribution in [0.1, 0.15) is 16.7 Å². The molecule has 0 saturated heterocycles. The number of halogens is 2. The van der Waals surface area contributed by atoms with Crippen LogP contribution in [0.4, 0.5) is 4.39 Å². The Kier molecular flexibility index (Phi) is 5.30. The van der Waals surface area contributed by atoms with Gasteiger partial charge in [0.2, 0.25) is 0 Å². The molecule has 110 valence electrons. The van der Waals surface area contributed by atoms with Crippen molar-refractivity contribution in [2.45, 2.75) is 13.1 Å². The highest BCUT2D eigenvalue weighted by atomic mass is 79.9. The van der Waals surface area contributed by atoms with Crippen LogP contribution in [0.3, 0.4) is 0 Å². The van der Waals surface area contributed by atoms with Crippen LogP contribution in [0.15, 0.2) is 52.1 Å². The van der Waals surface area contributed by atoms with E-state index in [1.165, 1.54) is 6.07 Å². The first-order valence-electron chi connectivity index (χ1n) is 6.32. The minimum atomic E-state index is -0.476. The summed E-state index contributed by atoms with van der Waals surface area (Å²) in [6, 6.07) is 12.7. The minimum Gasteiger partial charge on any atom is -0.409 e. The maximum atomic E-state index is 14.2. The van der Waals surface area contributed by atoms with Gasteiger partial charge in [0.1, 0.15) is 5.82 Å². The largest absolute Gasteiger partial charge is 0.409 e. The summed E-state index contributed by atoms with van der Waals surface area (Å²) < 4.78 is 15.2. The molecule has 6 heteroatoms. The van der Waals surface area contributed by atoms with E-state index in [2.05, 4.69) is 26.4 Å². The van der Waals surface area contributed by atoms with E-state index in [4.69, 9.17) is 10.9 Å². The lowest BCUT2D eigenvalue weighted by atomic mass is 10.1. The monoisotopic (exact) mass is 351 g/mol. The lowest BCUT2D eigenvalue weighted by Crippen LogP contribution is -2.18. The van der Waals surface area contributed by atoms with Gasteiger partial charge in [-0.05, 0) is 23.8 Å². The third-order valence-electron chi connectivity index (χ3n) is 3.02. The molecular formula is C15H15BrFN3O. The summed E-state index contributed by atoms with van der Waals surface area (Å²) in [4.78, 5) is 0. The summed E-state index contributed by atoms with van der Waals surface area (Å²) in [6.45, 7) is 0.981. The smallest absolute Gasteiger partial charge is 0.173 e. The summed E-state index contributed by atoms with van der Waals surface area (Å²) >= 11 is 3.37. The predicted octanol–water partition coefficient (Wildman–Crippen LogP) is 2.97. The predicted molar refractivity (Wildman–Crippen MR) is 83.6 cm³/mol. The van der Waals surface area contributed by atoms with Gasteiger partial charge >= 0.3 is 0 Å². The summed E-state index contributed by atoms with van der Waals surface area (Å²) in [7, 11) is 0. The number of hydrogen-bond donors (Lipinski definition) is 3. The van der Waals surface area contributed by atoms with Crippen LogP contribution in [0.2, 0.25) is 0 Å². The Morgan fingerprint density at radius 1 is 1.19 bits per heavy atom. The average Bonchev–Trinajstić information content (AvgIpc) is 2.50. The Labute approximate surface area is 130 Å². The van der Waals surface area contributed by atoms with Crippen LogP contribution in [0.5, 0.6) is 0 Å². The SMILES string of the molecule is N/C(=N/O)c1cccc(CNCc2ccc(Br)cc2)c1F. The molecule has 4 nitrogen and oxygen atoms in total. The standard InChI is InChI=1S/C15H15BrFN3O/c16-12-6-4-10(5-7-12)8-19-9-11-2-1-3-13(14(11)17)15(18)20-21/h1-7,19,21H,8-9H2,(H2,18,20). The Morgan fingerprint density at radius 2 is 1.90 bits per heavy atom. The van der Waals surface area contributed by atoms with Crippen molar-refractivity contribution >= 4 is 21.8 Å². The van der Waals surface area contributed by atoms with E-state index in [0.29, 0.717) is 18.7 Å². The zero-order chi connectivity index (χ0) is 15.2. The molecular weight excluding hydrogens is 337 g/mol. The molecule has 0 atom stereocenters. The first-order chi connectivity index (χ1) is 10.1. The van der Waals surface area contributed by atoms with E-state index < -0.39 is 5.82 Å². The maximum Gasteiger partial charge on any atom is 0.173 e. The van der Waals surface area contributed by atoms with Crippen molar-refractivity contribution in [1.82, 2.24) is 5.32 Å². The number of rotatable bonds is 5. The number of nitrogens with zero attached hydrogens (tertiary/aromatic N) is 1. The van der Waals surface area contributed by atoms with Crippen molar-refractivity contribution in [1.29, 1.82) is 0 Å². The Hall–Kier alpha value is -1.92. The zero-order valence-corrected chi connectivity index (χ0v) is 12.8. The maximum absolute atomic E-state index is 14.2. The van der Waals surface area contributed by atoms with E-state index in [9.17, 15) is 4.39 Å². The molecule has 0 heterocycles. The zero-order valence-electron chi connectivity index (χ0n) is 11.2. The Bertz CT molecular complexity index is 644. The van der Waals surface area contributed by atoms with Gasteiger partial charge in [0, 0.05) is 23.1 Å². The van der Waals surface area contributed by atoms with E-state index in [0.717, 1.165) is 10.0 Å². The van der Waals surface area contributed by atoms with E-state index in [-0.39, 0.29) is 11.4 Å². The van der Waals surface area contributed by atoms with Crippen molar-refractivity contribution in [3.63, 3.8) is 0 Å². The lowest BCUT2D eigenvalue weighted by Gasteiger charge is -2.09. The second-order valence-corrected chi connectivity index (χ2v) is 5.41. The van der Waals surface area contributed by atoms with Gasteiger partial charge in [0.05, 0.1) is 5.56 Å². The second-order valence-electron chi connectivity index (χ2n) is 4.49. The van der Waals surface area contributed by atoms with Gasteiger partial charge in [-0.3, -0.25) is 0 Å². The van der Waals surface area contributed by atoms with Crippen molar-refractivity contribution in [3.05, 3.63) is 69.4 Å². The molecule has 4 N–H and O–H groups in total. The van der Waals surface area contributed by atoms with Gasteiger partial charge in [0.15, 0.2) is 5.84 Å². The minimum absolute atomic E-state index is 0.0976. The third kappa shape index (κ3) is 4.03. The molecule has 0 spiro atoms. The van der Waals surface area contributed by atoms with Crippen molar-refractivity contribution in [3.8, 4) is 0 Å². The highest BCUT2D eigenvalue weighted by Gasteiger charge is 2.11. The summed E-state index contributed by atoms with van der Waals surface area (Å²) in [5, 5.41) is 14.6. The van der Waals surface area contributed by atoms with Crippen molar-refractivity contribution in [2.24, 2.45) is 10.9 Å². The number of oxime groups is 1. The van der Waals surface area contributed by atoms with Crippen LogP contribution in [0.25, 0.3) is 0 Å². The van der Waals surface area contributed by atoms with E-state index in [1.807, 2.05) is 24.3 Å². The van der Waals surface area contributed by atoms with Crippen LogP contribution in [-0.2, 0) is 13.1 Å². The van der Waals surface area contributed by atoms with Gasteiger partial charge in [0.25, 0.3) is 0 Å². The van der Waals surface area contributed by atoms with E-state index in [1.54, 1.807) is 12.1 Å². The van der Waals surface area contributed by atoms with E-state index >= 15 is 0 Å². The third-order valence-corrected chi connectivity index (χ3v) is 3.55. The first kappa shape index (κ1) is 15.5. The Morgan fingerprint density at radius 3 is 2.57 bits per heavy atom. The van der Waals surface area contributed by atoms with Crippen LogP contribution >= 0.6 is 15.9 Å². The highest BCUT2D eigenvalue weighted by Crippen LogP contribution is 2.14. The fourth-order valence-electron chi connectivity index (χ4n) is 1.91. The molecule has 0 radical (unpaired) electrons. The summed E-state index contributed by atoms with van der Waals surface area (Å²) in [5.41, 5.74) is 7.10. The number of amidine groups is 1. The molecule has 0 unspecified atom stereocenters. The topological polar surface area (TPSA) is 70.6 Å². The van der Waals surface area contributed by atoms with Crippen LogP contribution in [-0.4, -0.2) is 11.0 Å². The molecule has 21 heavy (non-hydrogen) atoms.